The number of furan rings is 1. The molecule has 1 aliphatic heterocycles. The highest BCUT2D eigenvalue weighted by molar-refractivity contribution is 7.99. The summed E-state index contributed by atoms with van der Waals surface area (Å²) in [5.41, 5.74) is 1.17. The van der Waals surface area contributed by atoms with Gasteiger partial charge in [0.05, 0.1) is 30.4 Å². The molecule has 0 atom stereocenters. The number of aromatic nitrogens is 2. The molecular weight excluding hydrogens is 366 g/mol. The van der Waals surface area contributed by atoms with E-state index in [1.807, 2.05) is 12.1 Å². The first-order valence-corrected chi connectivity index (χ1v) is 10.7. The number of nitrogens with one attached hydrogen (secondary N) is 1. The number of ether oxygens (including phenoxy) is 1. The molecule has 4 heterocycles. The highest BCUT2D eigenvalue weighted by Gasteiger charge is 2.31. The van der Waals surface area contributed by atoms with Crippen molar-refractivity contribution in [2.24, 2.45) is 0 Å². The summed E-state index contributed by atoms with van der Waals surface area (Å²) in [5, 5.41) is 5.46. The maximum atomic E-state index is 6.00. The molecule has 1 N–H and O–H groups in total. The summed E-state index contributed by atoms with van der Waals surface area (Å²) in [6, 6.07) is 3.87. The van der Waals surface area contributed by atoms with E-state index in [4.69, 9.17) is 19.1 Å². The van der Waals surface area contributed by atoms with E-state index in [1.54, 1.807) is 29.4 Å². The number of hydrogen-bond donors (Lipinski definition) is 1. The first-order chi connectivity index (χ1) is 12.6. The molecule has 7 heteroatoms. The SMILES string of the molecule is CCCSc1nc(NCc2ccco2)c2c3c(sc2n1)COC(C)(C)C3. The van der Waals surface area contributed by atoms with Gasteiger partial charge in [-0.25, -0.2) is 9.97 Å². The maximum Gasteiger partial charge on any atom is 0.190 e. The quantitative estimate of drug-likeness (QED) is 0.459. The van der Waals surface area contributed by atoms with Crippen LogP contribution in [0.4, 0.5) is 5.82 Å². The van der Waals surface area contributed by atoms with Crippen molar-refractivity contribution in [1.82, 2.24) is 9.97 Å². The average Bonchev–Trinajstić information content (AvgIpc) is 3.24. The van der Waals surface area contributed by atoms with Gasteiger partial charge in [-0.1, -0.05) is 18.7 Å². The second-order valence-electron chi connectivity index (χ2n) is 7.05. The van der Waals surface area contributed by atoms with Crippen LogP contribution >= 0.6 is 23.1 Å². The van der Waals surface area contributed by atoms with Crippen LogP contribution in [-0.4, -0.2) is 21.3 Å². The van der Waals surface area contributed by atoms with E-state index in [0.29, 0.717) is 13.2 Å². The number of rotatable bonds is 6. The monoisotopic (exact) mass is 389 g/mol. The summed E-state index contributed by atoms with van der Waals surface area (Å²) < 4.78 is 11.5. The number of thioether (sulfide) groups is 1. The van der Waals surface area contributed by atoms with E-state index in [1.165, 1.54) is 10.4 Å². The number of hydrogen-bond acceptors (Lipinski definition) is 7. The fourth-order valence-electron chi connectivity index (χ4n) is 3.10. The lowest BCUT2D eigenvalue weighted by atomic mass is 9.94. The minimum absolute atomic E-state index is 0.158. The molecular formula is C19H23N3O2S2. The van der Waals surface area contributed by atoms with Crippen LogP contribution in [0, 0.1) is 0 Å². The molecule has 0 saturated heterocycles. The molecule has 1 aliphatic rings. The normalized spacial score (nSPS) is 16.0. The van der Waals surface area contributed by atoms with E-state index < -0.39 is 0 Å². The van der Waals surface area contributed by atoms with Crippen LogP contribution in [-0.2, 0) is 24.3 Å². The number of thiophene rings is 1. The van der Waals surface area contributed by atoms with E-state index in [-0.39, 0.29) is 5.60 Å². The zero-order valence-electron chi connectivity index (χ0n) is 15.3. The molecule has 4 rings (SSSR count). The molecule has 3 aromatic heterocycles. The molecule has 5 nitrogen and oxygen atoms in total. The fourth-order valence-corrected chi connectivity index (χ4v) is 4.95. The van der Waals surface area contributed by atoms with Crippen molar-refractivity contribution < 1.29 is 9.15 Å². The van der Waals surface area contributed by atoms with Crippen molar-refractivity contribution >= 4 is 39.1 Å². The average molecular weight is 390 g/mol. The smallest absolute Gasteiger partial charge is 0.190 e. The van der Waals surface area contributed by atoms with Crippen molar-refractivity contribution in [3.8, 4) is 0 Å². The number of nitrogens with zero attached hydrogens (tertiary/aromatic N) is 2. The summed E-state index contributed by atoms with van der Waals surface area (Å²) >= 11 is 3.44. The van der Waals surface area contributed by atoms with Crippen molar-refractivity contribution in [3.05, 3.63) is 34.6 Å². The van der Waals surface area contributed by atoms with Crippen molar-refractivity contribution in [1.29, 1.82) is 0 Å². The molecule has 0 fully saturated rings. The third-order valence-electron chi connectivity index (χ3n) is 4.36. The molecule has 138 valence electrons. The minimum atomic E-state index is -0.158. The summed E-state index contributed by atoms with van der Waals surface area (Å²) in [6.07, 6.45) is 3.67. The van der Waals surface area contributed by atoms with E-state index in [9.17, 15) is 0 Å². The Bertz CT molecular complexity index is 903. The largest absolute Gasteiger partial charge is 0.467 e. The third kappa shape index (κ3) is 3.61. The Morgan fingerprint density at radius 1 is 1.35 bits per heavy atom. The topological polar surface area (TPSA) is 60.2 Å². The van der Waals surface area contributed by atoms with Crippen LogP contribution in [0.5, 0.6) is 0 Å². The lowest BCUT2D eigenvalue weighted by Crippen LogP contribution is -2.31. The lowest BCUT2D eigenvalue weighted by molar-refractivity contribution is -0.0379. The van der Waals surface area contributed by atoms with Gasteiger partial charge in [0.2, 0.25) is 0 Å². The highest BCUT2D eigenvalue weighted by Crippen LogP contribution is 2.41. The second-order valence-corrected chi connectivity index (χ2v) is 9.19. The van der Waals surface area contributed by atoms with Gasteiger partial charge >= 0.3 is 0 Å². The predicted molar refractivity (Wildman–Crippen MR) is 107 cm³/mol. The van der Waals surface area contributed by atoms with Gasteiger partial charge in [-0.3, -0.25) is 0 Å². The van der Waals surface area contributed by atoms with Gasteiger partial charge in [-0.15, -0.1) is 11.3 Å². The molecule has 0 radical (unpaired) electrons. The van der Waals surface area contributed by atoms with Crippen LogP contribution in [0.15, 0.2) is 28.0 Å². The van der Waals surface area contributed by atoms with E-state index in [0.717, 1.165) is 45.5 Å². The molecule has 0 spiro atoms. The first kappa shape index (κ1) is 17.8. The lowest BCUT2D eigenvalue weighted by Gasteiger charge is -2.30. The van der Waals surface area contributed by atoms with Gasteiger partial charge in [0.25, 0.3) is 0 Å². The zero-order valence-corrected chi connectivity index (χ0v) is 16.9. The molecule has 26 heavy (non-hydrogen) atoms. The van der Waals surface area contributed by atoms with Crippen LogP contribution in [0.1, 0.15) is 43.4 Å². The fraction of sp³-hybridized carbons (Fsp3) is 0.474. The zero-order chi connectivity index (χ0) is 18.1. The van der Waals surface area contributed by atoms with Crippen LogP contribution in [0.25, 0.3) is 10.2 Å². The van der Waals surface area contributed by atoms with Gasteiger partial charge in [0.15, 0.2) is 5.16 Å². The standard InChI is InChI=1S/C19H23N3O2S2/c1-4-8-25-18-21-16(20-10-12-6-5-7-23-12)15-13-9-19(2,3)24-11-14(13)26-17(15)22-18/h5-7H,4,8-11H2,1-3H3,(H,20,21,22). The van der Waals surface area contributed by atoms with Gasteiger partial charge in [0.1, 0.15) is 16.4 Å². The number of fused-ring (bicyclic) bond motifs is 3. The summed E-state index contributed by atoms with van der Waals surface area (Å²) in [6.45, 7) is 7.72. The summed E-state index contributed by atoms with van der Waals surface area (Å²) in [4.78, 5) is 12.0. The minimum Gasteiger partial charge on any atom is -0.467 e. The van der Waals surface area contributed by atoms with Gasteiger partial charge in [0, 0.05) is 17.1 Å². The Balaban J connectivity index is 1.75. The Hall–Kier alpha value is -1.57. The molecule has 0 saturated carbocycles. The van der Waals surface area contributed by atoms with Crippen LogP contribution in [0.3, 0.4) is 0 Å². The second kappa shape index (κ2) is 7.21. The predicted octanol–water partition coefficient (Wildman–Crippen LogP) is 5.25. The third-order valence-corrected chi connectivity index (χ3v) is 6.51. The summed E-state index contributed by atoms with van der Waals surface area (Å²) in [7, 11) is 0. The van der Waals surface area contributed by atoms with E-state index in [2.05, 4.69) is 26.1 Å². The molecule has 3 aromatic rings. The molecule has 0 unspecified atom stereocenters. The molecule has 0 amide bonds. The number of anilines is 1. The Kier molecular flexibility index (Phi) is 4.94. The Labute approximate surface area is 161 Å². The Morgan fingerprint density at radius 2 is 2.23 bits per heavy atom. The van der Waals surface area contributed by atoms with Crippen molar-refractivity contribution in [2.45, 2.75) is 57.5 Å². The van der Waals surface area contributed by atoms with Crippen LogP contribution < -0.4 is 5.32 Å². The first-order valence-electron chi connectivity index (χ1n) is 8.91. The van der Waals surface area contributed by atoms with Crippen LogP contribution in [0.2, 0.25) is 0 Å². The van der Waals surface area contributed by atoms with Crippen molar-refractivity contribution in [2.75, 3.05) is 11.1 Å². The molecule has 0 bridgehead atoms. The van der Waals surface area contributed by atoms with Crippen molar-refractivity contribution in [3.63, 3.8) is 0 Å². The maximum absolute atomic E-state index is 6.00. The summed E-state index contributed by atoms with van der Waals surface area (Å²) in [5.74, 6) is 2.82. The van der Waals surface area contributed by atoms with E-state index >= 15 is 0 Å². The highest BCUT2D eigenvalue weighted by atomic mass is 32.2. The molecule has 0 aromatic carbocycles. The van der Waals surface area contributed by atoms with Gasteiger partial charge < -0.3 is 14.5 Å². The van der Waals surface area contributed by atoms with Gasteiger partial charge in [-0.2, -0.15) is 0 Å². The Morgan fingerprint density at radius 3 is 3.00 bits per heavy atom. The molecule has 0 aliphatic carbocycles. The van der Waals surface area contributed by atoms with Gasteiger partial charge in [-0.05, 0) is 38.0 Å².